The van der Waals surface area contributed by atoms with Gasteiger partial charge in [-0.05, 0) is 42.3 Å². The average molecular weight is 228 g/mol. The summed E-state index contributed by atoms with van der Waals surface area (Å²) in [7, 11) is 1.65. The topological polar surface area (TPSA) is 48.1 Å². The van der Waals surface area contributed by atoms with Gasteiger partial charge in [0.2, 0.25) is 0 Å². The molecule has 2 N–H and O–H groups in total. The molecule has 0 aliphatic heterocycles. The number of nitrogens with two attached hydrogens (primary N) is 1. The minimum Gasteiger partial charge on any atom is -0.497 e. The molecule has 2 aromatic rings. The summed E-state index contributed by atoms with van der Waals surface area (Å²) in [5.74, 6) is 0.811. The molecule has 0 spiro atoms. The zero-order valence-corrected chi connectivity index (χ0v) is 10.1. The van der Waals surface area contributed by atoms with Crippen LogP contribution in [0, 0.1) is 6.92 Å². The van der Waals surface area contributed by atoms with Gasteiger partial charge in [-0.1, -0.05) is 12.1 Å². The first-order valence-electron chi connectivity index (χ1n) is 5.53. The Balaban J connectivity index is 2.33. The summed E-state index contributed by atoms with van der Waals surface area (Å²) in [4.78, 5) is 4.31. The second-order valence-corrected chi connectivity index (χ2v) is 4.01. The Bertz CT molecular complexity index is 511. The van der Waals surface area contributed by atoms with Gasteiger partial charge in [0.1, 0.15) is 5.75 Å². The Kier molecular flexibility index (Phi) is 3.40. The number of rotatable bonds is 3. The lowest BCUT2D eigenvalue weighted by Gasteiger charge is -2.13. The van der Waals surface area contributed by atoms with Crippen LogP contribution < -0.4 is 10.5 Å². The highest BCUT2D eigenvalue weighted by Crippen LogP contribution is 2.22. The highest BCUT2D eigenvalue weighted by Gasteiger charge is 2.10. The van der Waals surface area contributed by atoms with E-state index < -0.39 is 0 Å². The predicted molar refractivity (Wildman–Crippen MR) is 68.0 cm³/mol. The Morgan fingerprint density at radius 3 is 2.76 bits per heavy atom. The van der Waals surface area contributed by atoms with E-state index in [4.69, 9.17) is 10.5 Å². The molecule has 0 bridgehead atoms. The number of hydrogen-bond donors (Lipinski definition) is 1. The van der Waals surface area contributed by atoms with Crippen LogP contribution in [0.4, 0.5) is 0 Å². The standard InChI is InChI=1S/C14H16N2O/c1-10-6-7-16-13(8-10)14(15)11-4-3-5-12(9-11)17-2/h3-9,14H,15H2,1-2H3. The molecule has 3 nitrogen and oxygen atoms in total. The number of nitrogens with zero attached hydrogens (tertiary/aromatic N) is 1. The van der Waals surface area contributed by atoms with E-state index in [1.165, 1.54) is 0 Å². The minimum absolute atomic E-state index is 0.218. The van der Waals surface area contributed by atoms with E-state index >= 15 is 0 Å². The molecule has 0 saturated heterocycles. The third-order valence-corrected chi connectivity index (χ3v) is 2.71. The van der Waals surface area contributed by atoms with Crippen LogP contribution in [0.2, 0.25) is 0 Å². The van der Waals surface area contributed by atoms with Crippen molar-refractivity contribution < 1.29 is 4.74 Å². The molecular formula is C14H16N2O. The van der Waals surface area contributed by atoms with Gasteiger partial charge in [-0.2, -0.15) is 0 Å². The zero-order chi connectivity index (χ0) is 12.3. The summed E-state index contributed by atoms with van der Waals surface area (Å²) in [6.45, 7) is 2.03. The minimum atomic E-state index is -0.218. The molecular weight excluding hydrogens is 212 g/mol. The van der Waals surface area contributed by atoms with Crippen molar-refractivity contribution in [1.29, 1.82) is 0 Å². The van der Waals surface area contributed by atoms with Crippen LogP contribution in [0.5, 0.6) is 5.75 Å². The van der Waals surface area contributed by atoms with Crippen molar-refractivity contribution in [3.8, 4) is 5.75 Å². The first kappa shape index (κ1) is 11.6. The third kappa shape index (κ3) is 2.63. The summed E-state index contributed by atoms with van der Waals surface area (Å²) in [5.41, 5.74) is 9.23. The molecule has 0 aliphatic carbocycles. The van der Waals surface area contributed by atoms with Crippen molar-refractivity contribution in [1.82, 2.24) is 4.98 Å². The van der Waals surface area contributed by atoms with E-state index in [0.29, 0.717) is 0 Å². The van der Waals surface area contributed by atoms with Gasteiger partial charge in [0.25, 0.3) is 0 Å². The molecule has 1 aromatic carbocycles. The fourth-order valence-electron chi connectivity index (χ4n) is 1.74. The fraction of sp³-hybridized carbons (Fsp3) is 0.214. The monoisotopic (exact) mass is 228 g/mol. The van der Waals surface area contributed by atoms with E-state index in [9.17, 15) is 0 Å². The van der Waals surface area contributed by atoms with Gasteiger partial charge in [-0.3, -0.25) is 4.98 Å². The van der Waals surface area contributed by atoms with Gasteiger partial charge in [-0.15, -0.1) is 0 Å². The maximum absolute atomic E-state index is 6.19. The molecule has 1 unspecified atom stereocenters. The van der Waals surface area contributed by atoms with Crippen LogP contribution in [-0.4, -0.2) is 12.1 Å². The lowest BCUT2D eigenvalue weighted by molar-refractivity contribution is 0.414. The fourth-order valence-corrected chi connectivity index (χ4v) is 1.74. The lowest BCUT2D eigenvalue weighted by atomic mass is 10.0. The van der Waals surface area contributed by atoms with Crippen LogP contribution in [0.3, 0.4) is 0 Å². The normalized spacial score (nSPS) is 12.2. The summed E-state index contributed by atoms with van der Waals surface area (Å²) in [6.07, 6.45) is 1.78. The second kappa shape index (κ2) is 4.97. The summed E-state index contributed by atoms with van der Waals surface area (Å²) in [6, 6.07) is 11.5. The van der Waals surface area contributed by atoms with Crippen molar-refractivity contribution in [2.45, 2.75) is 13.0 Å². The highest BCUT2D eigenvalue weighted by molar-refractivity contribution is 5.34. The van der Waals surface area contributed by atoms with Crippen LogP contribution in [0.1, 0.15) is 22.9 Å². The molecule has 0 saturated carbocycles. The molecule has 0 amide bonds. The SMILES string of the molecule is COc1cccc(C(N)c2cc(C)ccn2)c1. The molecule has 1 aromatic heterocycles. The van der Waals surface area contributed by atoms with Crippen molar-refractivity contribution in [2.24, 2.45) is 5.73 Å². The maximum atomic E-state index is 6.19. The van der Waals surface area contributed by atoms with E-state index in [0.717, 1.165) is 22.6 Å². The number of aromatic nitrogens is 1. The molecule has 0 fully saturated rings. The quantitative estimate of drug-likeness (QED) is 0.877. The highest BCUT2D eigenvalue weighted by atomic mass is 16.5. The van der Waals surface area contributed by atoms with Crippen LogP contribution in [0.15, 0.2) is 42.6 Å². The molecule has 0 aliphatic rings. The van der Waals surface area contributed by atoms with Crippen LogP contribution in [-0.2, 0) is 0 Å². The van der Waals surface area contributed by atoms with Crippen molar-refractivity contribution in [3.05, 3.63) is 59.4 Å². The summed E-state index contributed by atoms with van der Waals surface area (Å²) < 4.78 is 5.19. The zero-order valence-electron chi connectivity index (χ0n) is 10.1. The lowest BCUT2D eigenvalue weighted by Crippen LogP contribution is -2.13. The number of hydrogen-bond acceptors (Lipinski definition) is 3. The Morgan fingerprint density at radius 1 is 1.24 bits per heavy atom. The molecule has 1 heterocycles. The van der Waals surface area contributed by atoms with Crippen molar-refractivity contribution in [3.63, 3.8) is 0 Å². The van der Waals surface area contributed by atoms with Crippen LogP contribution >= 0.6 is 0 Å². The number of pyridine rings is 1. The number of benzene rings is 1. The maximum Gasteiger partial charge on any atom is 0.119 e. The number of methoxy groups -OCH3 is 1. The van der Waals surface area contributed by atoms with E-state index in [2.05, 4.69) is 4.98 Å². The van der Waals surface area contributed by atoms with E-state index in [-0.39, 0.29) is 6.04 Å². The first-order chi connectivity index (χ1) is 8.20. The molecule has 88 valence electrons. The number of ether oxygens (including phenoxy) is 1. The smallest absolute Gasteiger partial charge is 0.119 e. The first-order valence-corrected chi connectivity index (χ1v) is 5.53. The largest absolute Gasteiger partial charge is 0.497 e. The van der Waals surface area contributed by atoms with Gasteiger partial charge < -0.3 is 10.5 Å². The van der Waals surface area contributed by atoms with E-state index in [1.807, 2.05) is 43.3 Å². The summed E-state index contributed by atoms with van der Waals surface area (Å²) >= 11 is 0. The summed E-state index contributed by atoms with van der Waals surface area (Å²) in [5, 5.41) is 0. The van der Waals surface area contributed by atoms with Gasteiger partial charge >= 0.3 is 0 Å². The second-order valence-electron chi connectivity index (χ2n) is 4.01. The molecule has 1 atom stereocenters. The van der Waals surface area contributed by atoms with Crippen LogP contribution in [0.25, 0.3) is 0 Å². The molecule has 2 rings (SSSR count). The molecule has 3 heteroatoms. The average Bonchev–Trinajstić information content (AvgIpc) is 2.38. The van der Waals surface area contributed by atoms with Crippen molar-refractivity contribution in [2.75, 3.05) is 7.11 Å². The molecule has 17 heavy (non-hydrogen) atoms. The predicted octanol–water partition coefficient (Wildman–Crippen LogP) is 2.45. The van der Waals surface area contributed by atoms with Crippen molar-refractivity contribution >= 4 is 0 Å². The number of aryl methyl sites for hydroxylation is 1. The van der Waals surface area contributed by atoms with E-state index in [1.54, 1.807) is 13.3 Å². The van der Waals surface area contributed by atoms with Gasteiger partial charge in [0.15, 0.2) is 0 Å². The molecule has 0 radical (unpaired) electrons. The Morgan fingerprint density at radius 2 is 2.06 bits per heavy atom. The Hall–Kier alpha value is -1.87. The third-order valence-electron chi connectivity index (χ3n) is 2.71. The Labute approximate surface area is 101 Å². The van der Waals surface area contributed by atoms with Gasteiger partial charge in [-0.25, -0.2) is 0 Å². The van der Waals surface area contributed by atoms with Gasteiger partial charge in [0, 0.05) is 6.20 Å². The van der Waals surface area contributed by atoms with Gasteiger partial charge in [0.05, 0.1) is 18.8 Å².